The number of rotatable bonds is 4. The first-order valence-electron chi connectivity index (χ1n) is 9.33. The van der Waals surface area contributed by atoms with Gasteiger partial charge < -0.3 is 20.3 Å². The third-order valence-corrected chi connectivity index (χ3v) is 5.83. The molecule has 0 aromatic heterocycles. The molecule has 7 nitrogen and oxygen atoms in total. The Labute approximate surface area is 156 Å². The maximum absolute atomic E-state index is 13.2. The van der Waals surface area contributed by atoms with E-state index in [0.29, 0.717) is 12.2 Å². The highest BCUT2D eigenvalue weighted by molar-refractivity contribution is 6.03. The van der Waals surface area contributed by atoms with Crippen molar-refractivity contribution in [3.63, 3.8) is 0 Å². The fourth-order valence-electron chi connectivity index (χ4n) is 4.47. The van der Waals surface area contributed by atoms with Crippen LogP contribution in [0.1, 0.15) is 19.8 Å². The Morgan fingerprint density at radius 1 is 1.22 bits per heavy atom. The Bertz CT molecular complexity index is 860. The van der Waals surface area contributed by atoms with Crippen LogP contribution < -0.4 is 15.5 Å². The van der Waals surface area contributed by atoms with Crippen molar-refractivity contribution in [2.75, 3.05) is 16.8 Å². The molecule has 3 heterocycles. The zero-order valence-electron chi connectivity index (χ0n) is 15.0. The van der Waals surface area contributed by atoms with Gasteiger partial charge in [0.15, 0.2) is 0 Å². The van der Waals surface area contributed by atoms with Crippen molar-refractivity contribution in [3.8, 4) is 0 Å². The quantitative estimate of drug-likeness (QED) is 0.783. The van der Waals surface area contributed by atoms with Crippen LogP contribution in [0.25, 0.3) is 0 Å². The van der Waals surface area contributed by atoms with E-state index in [1.54, 1.807) is 29.2 Å². The van der Waals surface area contributed by atoms with Gasteiger partial charge in [-0.25, -0.2) is 0 Å². The summed E-state index contributed by atoms with van der Waals surface area (Å²) in [5, 5.41) is 5.74. The van der Waals surface area contributed by atoms with E-state index in [1.165, 1.54) is 6.92 Å². The van der Waals surface area contributed by atoms with Gasteiger partial charge in [-0.3, -0.25) is 14.4 Å². The molecule has 5 rings (SSSR count). The molecule has 1 saturated carbocycles. The zero-order valence-corrected chi connectivity index (χ0v) is 15.0. The molecule has 27 heavy (non-hydrogen) atoms. The van der Waals surface area contributed by atoms with E-state index in [2.05, 4.69) is 10.6 Å². The van der Waals surface area contributed by atoms with Gasteiger partial charge in [0.1, 0.15) is 5.60 Å². The van der Waals surface area contributed by atoms with Gasteiger partial charge in [0, 0.05) is 24.3 Å². The van der Waals surface area contributed by atoms with Gasteiger partial charge in [-0.05, 0) is 37.1 Å². The summed E-state index contributed by atoms with van der Waals surface area (Å²) in [5.74, 6) is -1.25. The van der Waals surface area contributed by atoms with Gasteiger partial charge in [-0.2, -0.15) is 0 Å². The van der Waals surface area contributed by atoms with Gasteiger partial charge in [0.2, 0.25) is 17.7 Å². The molecule has 0 radical (unpaired) electrons. The lowest BCUT2D eigenvalue weighted by Crippen LogP contribution is -2.44. The molecular weight excluding hydrogens is 346 g/mol. The third kappa shape index (κ3) is 2.56. The first-order valence-corrected chi connectivity index (χ1v) is 9.33. The van der Waals surface area contributed by atoms with Crippen molar-refractivity contribution >= 4 is 29.1 Å². The van der Waals surface area contributed by atoms with Crippen molar-refractivity contribution in [2.45, 2.75) is 37.5 Å². The second-order valence-corrected chi connectivity index (χ2v) is 7.84. The number of carbonyl (C=O) groups excluding carboxylic acids is 3. The summed E-state index contributed by atoms with van der Waals surface area (Å²) in [5.41, 5.74) is 0.693. The van der Waals surface area contributed by atoms with Crippen LogP contribution in [0.2, 0.25) is 0 Å². The summed E-state index contributed by atoms with van der Waals surface area (Å²) in [6.07, 6.45) is 5.58. The molecule has 2 N–H and O–H groups in total. The number of ether oxygens (including phenoxy) is 1. The number of hydrogen-bond acceptors (Lipinski definition) is 4. The van der Waals surface area contributed by atoms with Crippen LogP contribution >= 0.6 is 0 Å². The van der Waals surface area contributed by atoms with Crippen LogP contribution in [-0.4, -0.2) is 42.0 Å². The van der Waals surface area contributed by atoms with Crippen LogP contribution in [0, 0.1) is 11.8 Å². The lowest BCUT2D eigenvalue weighted by molar-refractivity contribution is -0.132. The highest BCUT2D eigenvalue weighted by Gasteiger charge is 2.67. The van der Waals surface area contributed by atoms with Crippen LogP contribution in [0.4, 0.5) is 11.4 Å². The van der Waals surface area contributed by atoms with Crippen molar-refractivity contribution in [1.82, 2.24) is 5.32 Å². The van der Waals surface area contributed by atoms with Crippen LogP contribution in [0.5, 0.6) is 0 Å². The minimum atomic E-state index is -0.719. The van der Waals surface area contributed by atoms with Crippen molar-refractivity contribution < 1.29 is 19.1 Å². The predicted octanol–water partition coefficient (Wildman–Crippen LogP) is 1.21. The van der Waals surface area contributed by atoms with E-state index < -0.39 is 17.4 Å². The zero-order chi connectivity index (χ0) is 18.8. The molecule has 1 aromatic rings. The summed E-state index contributed by atoms with van der Waals surface area (Å²) in [6.45, 7) is 1.85. The number of anilines is 2. The Kier molecular flexibility index (Phi) is 3.46. The van der Waals surface area contributed by atoms with E-state index in [0.717, 1.165) is 18.5 Å². The number of fused-ring (bicyclic) bond motifs is 1. The topological polar surface area (TPSA) is 87.7 Å². The van der Waals surface area contributed by atoms with Crippen LogP contribution in [0.15, 0.2) is 36.4 Å². The summed E-state index contributed by atoms with van der Waals surface area (Å²) >= 11 is 0. The Balaban J connectivity index is 1.40. The number of nitrogens with zero attached hydrogens (tertiary/aromatic N) is 1. The molecule has 0 unspecified atom stereocenters. The summed E-state index contributed by atoms with van der Waals surface area (Å²) in [4.78, 5) is 38.8. The number of benzene rings is 1. The van der Waals surface area contributed by atoms with Crippen molar-refractivity contribution in [2.24, 2.45) is 11.8 Å². The minimum absolute atomic E-state index is 0.0741. The highest BCUT2D eigenvalue weighted by Crippen LogP contribution is 2.52. The van der Waals surface area contributed by atoms with E-state index >= 15 is 0 Å². The molecule has 7 heteroatoms. The van der Waals surface area contributed by atoms with Gasteiger partial charge in [-0.1, -0.05) is 12.2 Å². The molecule has 2 saturated heterocycles. The Morgan fingerprint density at radius 3 is 2.63 bits per heavy atom. The first kappa shape index (κ1) is 16.5. The molecule has 4 atom stereocenters. The molecule has 1 spiro atoms. The standard InChI is InChI=1S/C20H21N3O4/c1-11(24)21-12-4-6-14(7-5-12)23-10-20-9-8-15(27-20)16(17(20)19(23)26)18(25)22-13-2-3-13/h4-9,13,15-17H,2-3,10H2,1H3,(H,21,24)(H,22,25)/t15-,16-,17-,20-/m1/s1. The first-order chi connectivity index (χ1) is 13.0. The van der Waals surface area contributed by atoms with Gasteiger partial charge >= 0.3 is 0 Å². The molecule has 3 aliphatic heterocycles. The molecule has 4 aliphatic rings. The molecule has 3 amide bonds. The summed E-state index contributed by atoms with van der Waals surface area (Å²) in [7, 11) is 0. The number of hydrogen-bond donors (Lipinski definition) is 2. The van der Waals surface area contributed by atoms with Gasteiger partial charge in [0.25, 0.3) is 0 Å². The summed E-state index contributed by atoms with van der Waals surface area (Å²) in [6, 6.07) is 7.39. The number of nitrogens with one attached hydrogen (secondary N) is 2. The summed E-state index contributed by atoms with van der Waals surface area (Å²) < 4.78 is 6.13. The molecule has 140 valence electrons. The maximum Gasteiger partial charge on any atom is 0.234 e. The van der Waals surface area contributed by atoms with Crippen molar-refractivity contribution in [1.29, 1.82) is 0 Å². The average Bonchev–Trinajstić information content (AvgIpc) is 3.16. The van der Waals surface area contributed by atoms with E-state index in [1.807, 2.05) is 12.2 Å². The molecule has 1 aromatic carbocycles. The van der Waals surface area contributed by atoms with Gasteiger partial charge in [0.05, 0.1) is 24.5 Å². The Hall–Kier alpha value is -2.67. The SMILES string of the molecule is CC(=O)Nc1ccc(N2C[C@@]34C=C[C@@H](O3)[C@@H](C(=O)NC3CC3)[C@@H]4C2=O)cc1. The highest BCUT2D eigenvalue weighted by atomic mass is 16.5. The number of carbonyl (C=O) groups is 3. The Morgan fingerprint density at radius 2 is 1.96 bits per heavy atom. The van der Waals surface area contributed by atoms with E-state index in [-0.39, 0.29) is 29.9 Å². The molecule has 2 bridgehead atoms. The largest absolute Gasteiger partial charge is 0.360 e. The normalized spacial score (nSPS) is 33.3. The predicted molar refractivity (Wildman–Crippen MR) is 98.0 cm³/mol. The third-order valence-electron chi connectivity index (χ3n) is 5.83. The van der Waals surface area contributed by atoms with E-state index in [4.69, 9.17) is 4.74 Å². The average molecular weight is 367 g/mol. The van der Waals surface area contributed by atoms with Crippen molar-refractivity contribution in [3.05, 3.63) is 36.4 Å². The minimum Gasteiger partial charge on any atom is -0.360 e. The molecule has 1 aliphatic carbocycles. The second kappa shape index (κ2) is 5.66. The lowest BCUT2D eigenvalue weighted by Gasteiger charge is -2.23. The lowest BCUT2D eigenvalue weighted by atomic mass is 9.77. The molecular formula is C20H21N3O4. The van der Waals surface area contributed by atoms with Gasteiger partial charge in [-0.15, -0.1) is 0 Å². The second-order valence-electron chi connectivity index (χ2n) is 7.84. The van der Waals surface area contributed by atoms with Crippen LogP contribution in [-0.2, 0) is 19.1 Å². The maximum atomic E-state index is 13.2. The smallest absolute Gasteiger partial charge is 0.234 e. The van der Waals surface area contributed by atoms with Crippen LogP contribution in [0.3, 0.4) is 0 Å². The fourth-order valence-corrected chi connectivity index (χ4v) is 4.47. The monoisotopic (exact) mass is 367 g/mol. The number of amides is 3. The molecule has 3 fully saturated rings. The van der Waals surface area contributed by atoms with E-state index in [9.17, 15) is 14.4 Å². The fraction of sp³-hybridized carbons (Fsp3) is 0.450.